The summed E-state index contributed by atoms with van der Waals surface area (Å²) in [6.07, 6.45) is 0. The third-order valence-corrected chi connectivity index (χ3v) is 2.68. The summed E-state index contributed by atoms with van der Waals surface area (Å²) in [4.78, 5) is 0. The number of hydrogen-bond donors (Lipinski definition) is 0. The number of halogens is 3. The van der Waals surface area contributed by atoms with Crippen LogP contribution in [0.5, 0.6) is 5.75 Å². The van der Waals surface area contributed by atoms with Crippen molar-refractivity contribution in [1.82, 2.24) is 0 Å². The number of rotatable bonds is 4. The Kier molecular flexibility index (Phi) is 6.81. The molecule has 0 fully saturated rings. The van der Waals surface area contributed by atoms with E-state index >= 15 is 0 Å². The summed E-state index contributed by atoms with van der Waals surface area (Å²) in [5.41, 5.74) is 3.14. The van der Waals surface area contributed by atoms with Crippen molar-refractivity contribution in [2.24, 2.45) is 0 Å². The molecule has 0 saturated carbocycles. The van der Waals surface area contributed by atoms with Gasteiger partial charge in [0.25, 0.3) is 0 Å². The summed E-state index contributed by atoms with van der Waals surface area (Å²) in [7, 11) is 0. The molecule has 2 rings (SSSR count). The van der Waals surface area contributed by atoms with Gasteiger partial charge in [-0.05, 0) is 30.2 Å². The van der Waals surface area contributed by atoms with Crippen molar-refractivity contribution in [1.29, 1.82) is 0 Å². The van der Waals surface area contributed by atoms with Crippen LogP contribution in [0, 0.1) is 6.92 Å². The average Bonchev–Trinajstić information content (AvgIpc) is 2.37. The largest absolute Gasteiger partial charge is 1.00 e. The minimum atomic E-state index is -4.91. The molecule has 6 heteroatoms. The quantitative estimate of drug-likeness (QED) is 0.777. The summed E-state index contributed by atoms with van der Waals surface area (Å²) < 4.78 is 40.9. The first-order valence-corrected chi connectivity index (χ1v) is 5.95. The van der Waals surface area contributed by atoms with Crippen molar-refractivity contribution in [3.8, 4) is 16.9 Å². The molecule has 20 heavy (non-hydrogen) atoms. The normalized spacial score (nSPS) is 10.8. The number of ether oxygens (including phenoxy) is 1. The van der Waals surface area contributed by atoms with Crippen LogP contribution in [0.1, 0.15) is 5.56 Å². The molecule has 0 bridgehead atoms. The van der Waals surface area contributed by atoms with Gasteiger partial charge in [0.2, 0.25) is 0 Å². The molecule has 0 spiro atoms. The van der Waals surface area contributed by atoms with E-state index in [1.807, 2.05) is 31.2 Å². The summed E-state index contributed by atoms with van der Waals surface area (Å²) >= 11 is 0. The molecule has 0 N–H and O–H groups in total. The van der Waals surface area contributed by atoms with Crippen LogP contribution >= 0.6 is 0 Å². The third kappa shape index (κ3) is 5.62. The second-order valence-corrected chi connectivity index (χ2v) is 4.41. The van der Waals surface area contributed by atoms with Crippen LogP contribution in [0.2, 0.25) is 0 Å². The van der Waals surface area contributed by atoms with Crippen molar-refractivity contribution < 1.29 is 69.1 Å². The second kappa shape index (κ2) is 7.66. The van der Waals surface area contributed by atoms with Gasteiger partial charge in [0.15, 0.2) is 0 Å². The standard InChI is InChI=1S/C14H13BF3O.K/c1-11-2-4-12(5-3-11)13-6-8-14(9-7-13)19-10-15(16,17)18;/h2-9H,10H2,1H3;/q-1;+1. The van der Waals surface area contributed by atoms with Crippen LogP contribution in [0.25, 0.3) is 11.1 Å². The molecule has 0 aliphatic heterocycles. The summed E-state index contributed by atoms with van der Waals surface area (Å²) in [6, 6.07) is 14.5. The number of benzene rings is 2. The SMILES string of the molecule is Cc1ccc(-c2ccc(OC[B-](F)(F)F)cc2)cc1.[K+]. The van der Waals surface area contributed by atoms with Gasteiger partial charge < -0.3 is 17.7 Å². The Morgan fingerprint density at radius 1 is 0.850 bits per heavy atom. The second-order valence-electron chi connectivity index (χ2n) is 4.41. The zero-order valence-corrected chi connectivity index (χ0v) is 14.6. The average molecular weight is 304 g/mol. The van der Waals surface area contributed by atoms with Crippen molar-refractivity contribution in [2.45, 2.75) is 6.92 Å². The molecule has 0 heterocycles. The van der Waals surface area contributed by atoms with Crippen molar-refractivity contribution in [3.05, 3.63) is 54.1 Å². The molecule has 0 saturated heterocycles. The fourth-order valence-electron chi connectivity index (χ4n) is 1.68. The van der Waals surface area contributed by atoms with Gasteiger partial charge in [-0.1, -0.05) is 42.0 Å². The maximum atomic E-state index is 12.1. The van der Waals surface area contributed by atoms with Gasteiger partial charge in [0.05, 0.1) is 6.51 Å². The Hall–Kier alpha value is -0.269. The Balaban J connectivity index is 0.00000200. The molecule has 0 aromatic heterocycles. The van der Waals surface area contributed by atoms with E-state index in [0.717, 1.165) is 16.7 Å². The molecule has 0 amide bonds. The molecular weight excluding hydrogens is 291 g/mol. The van der Waals surface area contributed by atoms with Gasteiger partial charge in [-0.2, -0.15) is 0 Å². The van der Waals surface area contributed by atoms with E-state index in [4.69, 9.17) is 0 Å². The molecule has 0 atom stereocenters. The van der Waals surface area contributed by atoms with Crippen molar-refractivity contribution in [3.63, 3.8) is 0 Å². The maximum Gasteiger partial charge on any atom is 1.00 e. The summed E-state index contributed by atoms with van der Waals surface area (Å²) in [6.45, 7) is -4.12. The van der Waals surface area contributed by atoms with E-state index in [0.29, 0.717) is 0 Å². The predicted molar refractivity (Wildman–Crippen MR) is 71.2 cm³/mol. The van der Waals surface area contributed by atoms with Gasteiger partial charge in [0.1, 0.15) is 5.75 Å². The van der Waals surface area contributed by atoms with Crippen LogP contribution in [-0.4, -0.2) is 13.5 Å². The van der Waals surface area contributed by atoms with Crippen LogP contribution < -0.4 is 56.1 Å². The summed E-state index contributed by atoms with van der Waals surface area (Å²) in [5, 5.41) is 0. The first-order chi connectivity index (χ1) is 8.94. The van der Waals surface area contributed by atoms with E-state index < -0.39 is 13.5 Å². The fourth-order valence-corrected chi connectivity index (χ4v) is 1.68. The Morgan fingerprint density at radius 3 is 1.75 bits per heavy atom. The smallest absolute Gasteiger partial charge is 0.522 e. The molecule has 0 radical (unpaired) electrons. The van der Waals surface area contributed by atoms with Crippen molar-refractivity contribution >= 4 is 6.98 Å². The van der Waals surface area contributed by atoms with Crippen LogP contribution in [0.4, 0.5) is 12.9 Å². The first kappa shape index (κ1) is 17.8. The molecule has 0 aliphatic carbocycles. The van der Waals surface area contributed by atoms with Crippen LogP contribution in [0.3, 0.4) is 0 Å². The Morgan fingerprint density at radius 2 is 1.30 bits per heavy atom. The zero-order valence-electron chi connectivity index (χ0n) is 11.4. The molecular formula is C14H13BF3KO. The molecule has 100 valence electrons. The number of hydrogen-bond acceptors (Lipinski definition) is 1. The van der Waals surface area contributed by atoms with Gasteiger partial charge in [-0.15, -0.1) is 0 Å². The monoisotopic (exact) mass is 304 g/mol. The molecule has 1 nitrogen and oxygen atoms in total. The first-order valence-electron chi connectivity index (χ1n) is 5.95. The van der Waals surface area contributed by atoms with Crippen LogP contribution in [-0.2, 0) is 0 Å². The minimum Gasteiger partial charge on any atom is -0.522 e. The van der Waals surface area contributed by atoms with Gasteiger partial charge in [-0.3, -0.25) is 0 Å². The molecule has 2 aromatic rings. The van der Waals surface area contributed by atoms with E-state index in [1.54, 1.807) is 24.3 Å². The van der Waals surface area contributed by atoms with E-state index in [9.17, 15) is 12.9 Å². The van der Waals surface area contributed by atoms with E-state index in [2.05, 4.69) is 4.74 Å². The third-order valence-electron chi connectivity index (χ3n) is 2.68. The fraction of sp³-hybridized carbons (Fsp3) is 0.143. The van der Waals surface area contributed by atoms with Crippen molar-refractivity contribution in [2.75, 3.05) is 6.51 Å². The molecule has 0 aliphatic rings. The van der Waals surface area contributed by atoms with Gasteiger partial charge >= 0.3 is 58.4 Å². The minimum absolute atomic E-state index is 0. The Labute approximate surface area is 159 Å². The topological polar surface area (TPSA) is 9.23 Å². The van der Waals surface area contributed by atoms with E-state index in [-0.39, 0.29) is 57.1 Å². The maximum absolute atomic E-state index is 12.1. The number of aryl methyl sites for hydroxylation is 1. The Bertz CT molecular complexity index is 538. The molecule has 2 aromatic carbocycles. The molecule has 0 unspecified atom stereocenters. The van der Waals surface area contributed by atoms with Crippen LogP contribution in [0.15, 0.2) is 48.5 Å². The van der Waals surface area contributed by atoms with Gasteiger partial charge in [0, 0.05) is 0 Å². The zero-order chi connectivity index (χ0) is 13.9. The van der Waals surface area contributed by atoms with E-state index in [1.165, 1.54) is 0 Å². The van der Waals surface area contributed by atoms with Gasteiger partial charge in [-0.25, -0.2) is 0 Å². The predicted octanol–water partition coefficient (Wildman–Crippen LogP) is 1.43. The summed E-state index contributed by atoms with van der Waals surface area (Å²) in [5.74, 6) is 0.232.